The average molecular weight is 279 g/mol. The van der Waals surface area contributed by atoms with Crippen molar-refractivity contribution in [2.24, 2.45) is 0 Å². The highest BCUT2D eigenvalue weighted by atomic mass is 19.1. The quantitative estimate of drug-likeness (QED) is 0.922. The van der Waals surface area contributed by atoms with Gasteiger partial charge in [0.2, 0.25) is 0 Å². The largest absolute Gasteiger partial charge is 0.423 e. The van der Waals surface area contributed by atoms with Crippen LogP contribution in [0.1, 0.15) is 6.92 Å². The molecule has 20 heavy (non-hydrogen) atoms. The summed E-state index contributed by atoms with van der Waals surface area (Å²) in [5.41, 5.74) is 1.15. The molecule has 2 aromatic rings. The second-order valence-electron chi connectivity index (χ2n) is 5.25. The zero-order valence-electron chi connectivity index (χ0n) is 11.4. The maximum absolute atomic E-state index is 13.1. The molecule has 0 amide bonds. The number of rotatable bonds is 3. The van der Waals surface area contributed by atoms with Crippen LogP contribution in [-0.4, -0.2) is 53.8 Å². The molecule has 1 N–H and O–H groups in total. The maximum Gasteiger partial charge on any atom is 0.298 e. The highest BCUT2D eigenvalue weighted by molar-refractivity contribution is 5.74. The predicted molar refractivity (Wildman–Crippen MR) is 74.3 cm³/mol. The normalized spacial score (nSPS) is 18.6. The highest BCUT2D eigenvalue weighted by Crippen LogP contribution is 2.23. The van der Waals surface area contributed by atoms with Crippen molar-refractivity contribution in [2.45, 2.75) is 13.0 Å². The van der Waals surface area contributed by atoms with Crippen LogP contribution in [0.4, 0.5) is 10.4 Å². The summed E-state index contributed by atoms with van der Waals surface area (Å²) in [5.74, 6) is -0.306. The van der Waals surface area contributed by atoms with Crippen LogP contribution < -0.4 is 4.90 Å². The van der Waals surface area contributed by atoms with E-state index in [1.54, 1.807) is 13.0 Å². The summed E-state index contributed by atoms with van der Waals surface area (Å²) >= 11 is 0. The van der Waals surface area contributed by atoms with Crippen LogP contribution in [-0.2, 0) is 0 Å². The number of fused-ring (bicyclic) bond motifs is 1. The number of oxazole rings is 1. The van der Waals surface area contributed by atoms with Gasteiger partial charge in [0, 0.05) is 38.8 Å². The Hall–Kier alpha value is -1.66. The third-order valence-corrected chi connectivity index (χ3v) is 3.50. The number of aliphatic hydroxyl groups excluding tert-OH is 1. The minimum Gasteiger partial charge on any atom is -0.423 e. The summed E-state index contributed by atoms with van der Waals surface area (Å²) in [6, 6.07) is 4.90. The topological polar surface area (TPSA) is 52.7 Å². The Morgan fingerprint density at radius 1 is 1.35 bits per heavy atom. The van der Waals surface area contributed by atoms with Crippen molar-refractivity contribution in [1.29, 1.82) is 0 Å². The molecule has 1 saturated heterocycles. The molecule has 0 aliphatic carbocycles. The molecule has 0 saturated carbocycles. The Morgan fingerprint density at radius 3 is 2.80 bits per heavy atom. The first-order chi connectivity index (χ1) is 9.61. The Bertz CT molecular complexity index is 591. The van der Waals surface area contributed by atoms with E-state index in [0.717, 1.165) is 26.2 Å². The number of piperazine rings is 1. The van der Waals surface area contributed by atoms with Crippen LogP contribution in [0.3, 0.4) is 0 Å². The van der Waals surface area contributed by atoms with Crippen molar-refractivity contribution in [2.75, 3.05) is 37.6 Å². The van der Waals surface area contributed by atoms with Gasteiger partial charge in [0.15, 0.2) is 5.58 Å². The summed E-state index contributed by atoms with van der Waals surface area (Å²) in [6.07, 6.45) is -0.311. The molecule has 1 aliphatic heterocycles. The lowest BCUT2D eigenvalue weighted by Crippen LogP contribution is -2.48. The number of nitrogens with zero attached hydrogens (tertiary/aromatic N) is 3. The third kappa shape index (κ3) is 2.76. The van der Waals surface area contributed by atoms with Gasteiger partial charge in [0.05, 0.1) is 6.10 Å². The fraction of sp³-hybridized carbons (Fsp3) is 0.500. The molecule has 1 aliphatic rings. The summed E-state index contributed by atoms with van der Waals surface area (Å²) in [7, 11) is 0. The van der Waals surface area contributed by atoms with Crippen molar-refractivity contribution < 1.29 is 13.9 Å². The van der Waals surface area contributed by atoms with E-state index in [0.29, 0.717) is 23.7 Å². The van der Waals surface area contributed by atoms with Gasteiger partial charge in [0.25, 0.3) is 6.01 Å². The Balaban J connectivity index is 1.70. The smallest absolute Gasteiger partial charge is 0.298 e. The minimum atomic E-state index is -0.311. The van der Waals surface area contributed by atoms with Gasteiger partial charge in [-0.05, 0) is 19.1 Å². The van der Waals surface area contributed by atoms with Gasteiger partial charge in [-0.25, -0.2) is 4.39 Å². The number of aromatic nitrogens is 1. The molecule has 1 aromatic heterocycles. The molecule has 0 unspecified atom stereocenters. The zero-order chi connectivity index (χ0) is 14.1. The van der Waals surface area contributed by atoms with Crippen molar-refractivity contribution in [3.8, 4) is 0 Å². The Labute approximate surface area is 116 Å². The summed E-state index contributed by atoms with van der Waals surface area (Å²) in [6.45, 7) is 5.79. The van der Waals surface area contributed by atoms with E-state index in [9.17, 15) is 9.50 Å². The second kappa shape index (κ2) is 5.38. The Morgan fingerprint density at radius 2 is 2.10 bits per heavy atom. The number of benzene rings is 1. The molecular weight excluding hydrogens is 261 g/mol. The number of aliphatic hydroxyl groups is 1. The zero-order valence-corrected chi connectivity index (χ0v) is 11.4. The van der Waals surface area contributed by atoms with Crippen molar-refractivity contribution in [3.05, 3.63) is 24.0 Å². The van der Waals surface area contributed by atoms with E-state index in [2.05, 4.69) is 14.8 Å². The van der Waals surface area contributed by atoms with Crippen LogP contribution in [0.25, 0.3) is 11.1 Å². The molecular formula is C14H18FN3O2. The van der Waals surface area contributed by atoms with E-state index in [-0.39, 0.29) is 11.9 Å². The van der Waals surface area contributed by atoms with Gasteiger partial charge in [-0.1, -0.05) is 0 Å². The lowest BCUT2D eigenvalue weighted by atomic mass is 10.3. The van der Waals surface area contributed by atoms with Crippen molar-refractivity contribution in [1.82, 2.24) is 9.88 Å². The lowest BCUT2D eigenvalue weighted by molar-refractivity contribution is 0.122. The monoisotopic (exact) mass is 279 g/mol. The average Bonchev–Trinajstić information content (AvgIpc) is 2.81. The molecule has 6 heteroatoms. The van der Waals surface area contributed by atoms with Crippen LogP contribution in [0.5, 0.6) is 0 Å². The Kier molecular flexibility index (Phi) is 3.58. The first-order valence-corrected chi connectivity index (χ1v) is 6.83. The fourth-order valence-electron chi connectivity index (χ4n) is 2.52. The number of anilines is 1. The molecule has 0 radical (unpaired) electrons. The van der Waals surface area contributed by atoms with Gasteiger partial charge in [0.1, 0.15) is 11.3 Å². The molecule has 3 rings (SSSR count). The van der Waals surface area contributed by atoms with Gasteiger partial charge in [-0.3, -0.25) is 4.90 Å². The van der Waals surface area contributed by atoms with Crippen LogP contribution in [0.15, 0.2) is 22.6 Å². The number of hydrogen-bond acceptors (Lipinski definition) is 5. The summed E-state index contributed by atoms with van der Waals surface area (Å²) in [5, 5.41) is 9.39. The first-order valence-electron chi connectivity index (χ1n) is 6.83. The maximum atomic E-state index is 13.1. The second-order valence-corrected chi connectivity index (χ2v) is 5.25. The van der Waals surface area contributed by atoms with Crippen LogP contribution >= 0.6 is 0 Å². The molecule has 1 atom stereocenters. The molecule has 0 spiro atoms. The van der Waals surface area contributed by atoms with Gasteiger partial charge in [-0.15, -0.1) is 0 Å². The van der Waals surface area contributed by atoms with Crippen molar-refractivity contribution >= 4 is 17.1 Å². The number of β-amino-alcohol motifs (C(OH)–C–C–N with tert-alkyl or cyclic N) is 1. The van der Waals surface area contributed by atoms with Gasteiger partial charge < -0.3 is 14.4 Å². The van der Waals surface area contributed by atoms with Gasteiger partial charge in [-0.2, -0.15) is 4.98 Å². The minimum absolute atomic E-state index is 0.306. The summed E-state index contributed by atoms with van der Waals surface area (Å²) in [4.78, 5) is 8.60. The predicted octanol–water partition coefficient (Wildman–Crippen LogP) is 1.47. The number of halogens is 1. The molecule has 108 valence electrons. The molecule has 5 nitrogen and oxygen atoms in total. The van der Waals surface area contributed by atoms with E-state index < -0.39 is 0 Å². The first kappa shape index (κ1) is 13.3. The van der Waals surface area contributed by atoms with E-state index in [1.165, 1.54) is 12.1 Å². The van der Waals surface area contributed by atoms with Crippen LogP contribution in [0, 0.1) is 5.82 Å². The molecule has 0 bridgehead atoms. The van der Waals surface area contributed by atoms with E-state index >= 15 is 0 Å². The number of hydrogen-bond donors (Lipinski definition) is 1. The third-order valence-electron chi connectivity index (χ3n) is 3.50. The standard InChI is InChI=1S/C14H18FN3O2/c1-10(19)9-17-4-6-18(7-5-17)14-16-12-8-11(15)2-3-13(12)20-14/h2-3,8,10,19H,4-7,9H2,1H3/t10-/m1/s1. The molecule has 1 fully saturated rings. The highest BCUT2D eigenvalue weighted by Gasteiger charge is 2.21. The molecule has 2 heterocycles. The lowest BCUT2D eigenvalue weighted by Gasteiger charge is -2.34. The van der Waals surface area contributed by atoms with Crippen LogP contribution in [0.2, 0.25) is 0 Å². The van der Waals surface area contributed by atoms with E-state index in [1.807, 2.05) is 0 Å². The SMILES string of the molecule is C[C@@H](O)CN1CCN(c2nc3cc(F)ccc3o2)CC1. The van der Waals surface area contributed by atoms with Gasteiger partial charge >= 0.3 is 0 Å². The van der Waals surface area contributed by atoms with Crippen molar-refractivity contribution in [3.63, 3.8) is 0 Å². The molecule has 1 aromatic carbocycles. The fourth-order valence-corrected chi connectivity index (χ4v) is 2.52. The van der Waals surface area contributed by atoms with E-state index in [4.69, 9.17) is 4.42 Å². The summed E-state index contributed by atoms with van der Waals surface area (Å²) < 4.78 is 18.8.